The second-order valence-electron chi connectivity index (χ2n) is 3.73. The number of alkyl halides is 3. The highest BCUT2D eigenvalue weighted by Gasteiger charge is 2.31. The number of hydrogen-bond donors (Lipinski definition) is 2. The van der Waals surface area contributed by atoms with Gasteiger partial charge in [-0.1, -0.05) is 13.3 Å². The van der Waals surface area contributed by atoms with Gasteiger partial charge in [-0.15, -0.1) is 0 Å². The Morgan fingerprint density at radius 3 is 2.00 bits per heavy atom. The van der Waals surface area contributed by atoms with Crippen molar-refractivity contribution < 1.29 is 13.2 Å². The largest absolute Gasteiger partial charge is 0.416 e. The van der Waals surface area contributed by atoms with Gasteiger partial charge in [-0.3, -0.25) is 0 Å². The standard InChI is InChI=1S/C11H15F3N2/c1-2-3-4-8-9(15)5-7(6-10(8)16)11(12,13)14/h5-6H,2-4,15-16H2,1H3. The summed E-state index contributed by atoms with van der Waals surface area (Å²) in [6.07, 6.45) is -1.97. The van der Waals surface area contributed by atoms with Crippen molar-refractivity contribution in [2.45, 2.75) is 32.4 Å². The molecule has 0 saturated heterocycles. The summed E-state index contributed by atoms with van der Waals surface area (Å²) < 4.78 is 37.3. The Morgan fingerprint density at radius 2 is 1.62 bits per heavy atom. The Kier molecular flexibility index (Phi) is 3.67. The fraction of sp³-hybridized carbons (Fsp3) is 0.455. The Hall–Kier alpha value is -1.39. The van der Waals surface area contributed by atoms with Gasteiger partial charge in [0.1, 0.15) is 0 Å². The Labute approximate surface area is 92.4 Å². The van der Waals surface area contributed by atoms with E-state index in [4.69, 9.17) is 11.5 Å². The van der Waals surface area contributed by atoms with Crippen molar-refractivity contribution in [3.05, 3.63) is 23.3 Å². The van der Waals surface area contributed by atoms with Crippen molar-refractivity contribution in [3.8, 4) is 0 Å². The minimum absolute atomic E-state index is 0.126. The minimum Gasteiger partial charge on any atom is -0.398 e. The van der Waals surface area contributed by atoms with E-state index in [0.29, 0.717) is 12.0 Å². The van der Waals surface area contributed by atoms with Crippen LogP contribution in [0.5, 0.6) is 0 Å². The third kappa shape index (κ3) is 2.81. The maximum absolute atomic E-state index is 12.4. The van der Waals surface area contributed by atoms with Gasteiger partial charge in [0.25, 0.3) is 0 Å². The Bertz CT molecular complexity index is 349. The monoisotopic (exact) mass is 232 g/mol. The Balaban J connectivity index is 3.08. The highest BCUT2D eigenvalue weighted by molar-refractivity contribution is 5.63. The van der Waals surface area contributed by atoms with Crippen LogP contribution < -0.4 is 11.5 Å². The van der Waals surface area contributed by atoms with E-state index in [1.54, 1.807) is 0 Å². The second kappa shape index (κ2) is 4.63. The van der Waals surface area contributed by atoms with Crippen LogP contribution >= 0.6 is 0 Å². The molecule has 1 aromatic carbocycles. The third-order valence-electron chi connectivity index (χ3n) is 2.43. The lowest BCUT2D eigenvalue weighted by atomic mass is 10.0. The molecule has 0 heterocycles. The van der Waals surface area contributed by atoms with Crippen LogP contribution in [0.4, 0.5) is 24.5 Å². The van der Waals surface area contributed by atoms with Crippen LogP contribution in [0.3, 0.4) is 0 Å². The summed E-state index contributed by atoms with van der Waals surface area (Å²) in [5, 5.41) is 0. The lowest BCUT2D eigenvalue weighted by molar-refractivity contribution is -0.137. The highest BCUT2D eigenvalue weighted by Crippen LogP contribution is 2.34. The molecule has 0 amide bonds. The van der Waals surface area contributed by atoms with E-state index in [-0.39, 0.29) is 11.4 Å². The topological polar surface area (TPSA) is 52.0 Å². The number of benzene rings is 1. The van der Waals surface area contributed by atoms with Crippen molar-refractivity contribution in [1.82, 2.24) is 0 Å². The third-order valence-corrected chi connectivity index (χ3v) is 2.43. The van der Waals surface area contributed by atoms with Crippen LogP contribution in [0, 0.1) is 0 Å². The second-order valence-corrected chi connectivity index (χ2v) is 3.73. The van der Waals surface area contributed by atoms with Gasteiger partial charge in [0.2, 0.25) is 0 Å². The van der Waals surface area contributed by atoms with Crippen LogP contribution in [-0.2, 0) is 12.6 Å². The molecule has 0 unspecified atom stereocenters. The molecule has 5 heteroatoms. The summed E-state index contributed by atoms with van der Waals surface area (Å²) in [7, 11) is 0. The van der Waals surface area contributed by atoms with Crippen molar-refractivity contribution in [1.29, 1.82) is 0 Å². The SMILES string of the molecule is CCCCc1c(N)cc(C(F)(F)F)cc1N. The summed E-state index contributed by atoms with van der Waals surface area (Å²) in [6.45, 7) is 2.00. The van der Waals surface area contributed by atoms with Crippen molar-refractivity contribution in [2.75, 3.05) is 11.5 Å². The predicted molar refractivity (Wildman–Crippen MR) is 58.9 cm³/mol. The summed E-state index contributed by atoms with van der Waals surface area (Å²) in [6, 6.07) is 1.89. The molecule has 2 nitrogen and oxygen atoms in total. The van der Waals surface area contributed by atoms with E-state index < -0.39 is 11.7 Å². The van der Waals surface area contributed by atoms with Crippen molar-refractivity contribution in [3.63, 3.8) is 0 Å². The normalized spacial score (nSPS) is 11.8. The van der Waals surface area contributed by atoms with E-state index >= 15 is 0 Å². The summed E-state index contributed by atoms with van der Waals surface area (Å²) in [5.41, 5.74) is 11.2. The average Bonchev–Trinajstić information content (AvgIpc) is 2.15. The maximum Gasteiger partial charge on any atom is 0.416 e. The van der Waals surface area contributed by atoms with Gasteiger partial charge in [-0.2, -0.15) is 13.2 Å². The first-order valence-corrected chi connectivity index (χ1v) is 5.11. The lowest BCUT2D eigenvalue weighted by Crippen LogP contribution is -2.09. The molecule has 0 atom stereocenters. The summed E-state index contributed by atoms with van der Waals surface area (Å²) in [4.78, 5) is 0. The van der Waals surface area contributed by atoms with E-state index in [0.717, 1.165) is 25.0 Å². The maximum atomic E-state index is 12.4. The molecular weight excluding hydrogens is 217 g/mol. The zero-order valence-corrected chi connectivity index (χ0v) is 9.06. The van der Waals surface area contributed by atoms with Gasteiger partial charge >= 0.3 is 6.18 Å². The van der Waals surface area contributed by atoms with E-state index in [1.165, 1.54) is 0 Å². The fourth-order valence-electron chi connectivity index (χ4n) is 1.52. The van der Waals surface area contributed by atoms with E-state index in [9.17, 15) is 13.2 Å². The molecule has 0 aromatic heterocycles. The summed E-state index contributed by atoms with van der Waals surface area (Å²) in [5.74, 6) is 0. The van der Waals surface area contributed by atoms with E-state index in [2.05, 4.69) is 0 Å². The van der Waals surface area contributed by atoms with Gasteiger partial charge in [-0.25, -0.2) is 0 Å². The lowest BCUT2D eigenvalue weighted by Gasteiger charge is -2.13. The molecule has 90 valence electrons. The molecule has 0 aliphatic heterocycles. The smallest absolute Gasteiger partial charge is 0.398 e. The fourth-order valence-corrected chi connectivity index (χ4v) is 1.52. The number of hydrogen-bond acceptors (Lipinski definition) is 2. The number of nitrogen functional groups attached to an aromatic ring is 2. The average molecular weight is 232 g/mol. The molecule has 0 fully saturated rings. The molecule has 4 N–H and O–H groups in total. The zero-order valence-electron chi connectivity index (χ0n) is 9.06. The first kappa shape index (κ1) is 12.7. The molecule has 0 bridgehead atoms. The van der Waals surface area contributed by atoms with Gasteiger partial charge < -0.3 is 11.5 Å². The molecular formula is C11H15F3N2. The van der Waals surface area contributed by atoms with Crippen molar-refractivity contribution >= 4 is 11.4 Å². The molecule has 0 aliphatic carbocycles. The first-order valence-electron chi connectivity index (χ1n) is 5.11. The van der Waals surface area contributed by atoms with Gasteiger partial charge in [-0.05, 0) is 30.5 Å². The quantitative estimate of drug-likeness (QED) is 0.786. The number of rotatable bonds is 3. The van der Waals surface area contributed by atoms with Crippen LogP contribution in [0.15, 0.2) is 12.1 Å². The van der Waals surface area contributed by atoms with Gasteiger partial charge in [0, 0.05) is 11.4 Å². The molecule has 1 aromatic rings. The first-order chi connectivity index (χ1) is 7.36. The van der Waals surface area contributed by atoms with Crippen LogP contribution in [-0.4, -0.2) is 0 Å². The van der Waals surface area contributed by atoms with Crippen LogP contribution in [0.25, 0.3) is 0 Å². The van der Waals surface area contributed by atoms with E-state index in [1.807, 2.05) is 6.92 Å². The minimum atomic E-state index is -4.40. The van der Waals surface area contributed by atoms with Gasteiger partial charge in [0.05, 0.1) is 5.56 Å². The Morgan fingerprint density at radius 1 is 1.12 bits per heavy atom. The number of halogens is 3. The molecule has 16 heavy (non-hydrogen) atoms. The number of unbranched alkanes of at least 4 members (excludes halogenated alkanes) is 1. The molecule has 0 spiro atoms. The molecule has 0 radical (unpaired) electrons. The number of anilines is 2. The summed E-state index contributed by atoms with van der Waals surface area (Å²) >= 11 is 0. The number of nitrogens with two attached hydrogens (primary N) is 2. The van der Waals surface area contributed by atoms with Crippen LogP contribution in [0.2, 0.25) is 0 Å². The zero-order chi connectivity index (χ0) is 12.3. The molecule has 1 rings (SSSR count). The predicted octanol–water partition coefficient (Wildman–Crippen LogP) is 3.21. The van der Waals surface area contributed by atoms with Crippen molar-refractivity contribution in [2.24, 2.45) is 0 Å². The molecule has 0 aliphatic rings. The highest BCUT2D eigenvalue weighted by atomic mass is 19.4. The molecule has 0 saturated carbocycles. The van der Waals surface area contributed by atoms with Gasteiger partial charge in [0.15, 0.2) is 0 Å². The van der Waals surface area contributed by atoms with Crippen LogP contribution in [0.1, 0.15) is 30.9 Å².